The van der Waals surface area contributed by atoms with Crippen LogP contribution < -0.4 is 4.90 Å². The molecule has 1 heterocycles. The molecule has 1 aliphatic carbocycles. The van der Waals surface area contributed by atoms with Gasteiger partial charge in [0.05, 0.1) is 5.92 Å². The van der Waals surface area contributed by atoms with Crippen LogP contribution in [-0.2, 0) is 16.1 Å². The fraction of sp³-hybridized carbons (Fsp3) is 0.680. The highest BCUT2D eigenvalue weighted by Crippen LogP contribution is 2.33. The van der Waals surface area contributed by atoms with Crippen molar-refractivity contribution >= 4 is 17.6 Å². The van der Waals surface area contributed by atoms with E-state index in [0.717, 1.165) is 43.1 Å². The Kier molecular flexibility index (Phi) is 8.17. The van der Waals surface area contributed by atoms with Crippen LogP contribution >= 0.6 is 0 Å². The number of carbonyl (C=O) groups excluding carboxylic acids is 1. The van der Waals surface area contributed by atoms with Crippen molar-refractivity contribution in [3.05, 3.63) is 29.8 Å². The lowest BCUT2D eigenvalue weighted by Crippen LogP contribution is -2.36. The van der Waals surface area contributed by atoms with Gasteiger partial charge in [0.1, 0.15) is 0 Å². The topological polar surface area (TPSA) is 60.9 Å². The largest absolute Gasteiger partial charge is 0.481 e. The number of nitrogens with zero attached hydrogens (tertiary/aromatic N) is 2. The van der Waals surface area contributed by atoms with E-state index in [1.807, 2.05) is 18.0 Å². The summed E-state index contributed by atoms with van der Waals surface area (Å²) >= 11 is 0. The summed E-state index contributed by atoms with van der Waals surface area (Å²) in [4.78, 5) is 28.3. The summed E-state index contributed by atoms with van der Waals surface area (Å²) < 4.78 is 0. The molecule has 1 aromatic carbocycles. The molecule has 0 atom stereocenters. The quantitative estimate of drug-likeness (QED) is 0.654. The van der Waals surface area contributed by atoms with Crippen molar-refractivity contribution < 1.29 is 14.7 Å². The van der Waals surface area contributed by atoms with E-state index in [4.69, 9.17) is 0 Å². The molecule has 0 radical (unpaired) electrons. The number of piperidine rings is 1. The molecule has 0 aromatic heterocycles. The SMILES string of the molecule is CCCCC1CCC(C(=O)N(C)Cc2cccc(N3CCC(C(=O)O)CC3)c2)CC1. The zero-order chi connectivity index (χ0) is 21.5. The van der Waals surface area contributed by atoms with Crippen LogP contribution in [0.25, 0.3) is 0 Å². The number of carbonyl (C=O) groups is 2. The van der Waals surface area contributed by atoms with Crippen molar-refractivity contribution in [1.82, 2.24) is 4.90 Å². The van der Waals surface area contributed by atoms with E-state index in [-0.39, 0.29) is 17.7 Å². The predicted molar refractivity (Wildman–Crippen MR) is 120 cm³/mol. The minimum absolute atomic E-state index is 0.186. The van der Waals surface area contributed by atoms with Gasteiger partial charge in [0, 0.05) is 38.3 Å². The monoisotopic (exact) mass is 414 g/mol. The Balaban J connectivity index is 1.51. The van der Waals surface area contributed by atoms with Gasteiger partial charge in [-0.1, -0.05) is 38.3 Å². The summed E-state index contributed by atoms with van der Waals surface area (Å²) in [7, 11) is 1.93. The number of anilines is 1. The van der Waals surface area contributed by atoms with Crippen LogP contribution in [0.1, 0.15) is 70.3 Å². The molecular weight excluding hydrogens is 376 g/mol. The summed E-state index contributed by atoms with van der Waals surface area (Å²) in [5.41, 5.74) is 2.27. The van der Waals surface area contributed by atoms with E-state index in [2.05, 4.69) is 30.0 Å². The third-order valence-corrected chi connectivity index (χ3v) is 7.08. The molecule has 30 heavy (non-hydrogen) atoms. The second-order valence-electron chi connectivity index (χ2n) is 9.32. The molecule has 5 heteroatoms. The van der Waals surface area contributed by atoms with Gasteiger partial charge in [-0.3, -0.25) is 9.59 Å². The Hall–Kier alpha value is -2.04. The minimum Gasteiger partial charge on any atom is -0.481 e. The molecule has 0 bridgehead atoms. The Morgan fingerprint density at radius 1 is 1.07 bits per heavy atom. The number of carboxylic acid groups (broad SMARTS) is 1. The number of benzene rings is 1. The van der Waals surface area contributed by atoms with E-state index in [1.54, 1.807) is 0 Å². The van der Waals surface area contributed by atoms with Crippen LogP contribution in [0.5, 0.6) is 0 Å². The zero-order valence-electron chi connectivity index (χ0n) is 18.7. The normalized spacial score (nSPS) is 22.7. The highest BCUT2D eigenvalue weighted by atomic mass is 16.4. The first-order chi connectivity index (χ1) is 14.5. The predicted octanol–water partition coefficient (Wildman–Crippen LogP) is 4.94. The molecule has 1 N–H and O–H groups in total. The van der Waals surface area contributed by atoms with Crippen LogP contribution in [0, 0.1) is 17.8 Å². The Morgan fingerprint density at radius 3 is 2.40 bits per heavy atom. The van der Waals surface area contributed by atoms with Gasteiger partial charge < -0.3 is 14.9 Å². The number of hydrogen-bond acceptors (Lipinski definition) is 3. The average Bonchev–Trinajstić information content (AvgIpc) is 2.77. The van der Waals surface area contributed by atoms with Crippen molar-refractivity contribution in [2.45, 2.75) is 71.3 Å². The molecule has 2 aliphatic rings. The summed E-state index contributed by atoms with van der Waals surface area (Å²) in [6.07, 6.45) is 9.76. The van der Waals surface area contributed by atoms with Gasteiger partial charge in [-0.25, -0.2) is 0 Å². The molecule has 1 amide bonds. The van der Waals surface area contributed by atoms with Crippen LogP contribution in [0.2, 0.25) is 0 Å². The lowest BCUT2D eigenvalue weighted by molar-refractivity contribution is -0.142. The van der Waals surface area contributed by atoms with Gasteiger partial charge in [0.25, 0.3) is 0 Å². The number of hydrogen-bond donors (Lipinski definition) is 1. The minimum atomic E-state index is -0.678. The first kappa shape index (κ1) is 22.6. The number of carboxylic acids is 1. The first-order valence-corrected chi connectivity index (χ1v) is 11.8. The molecule has 0 spiro atoms. The number of amides is 1. The maximum atomic E-state index is 13.0. The molecule has 5 nitrogen and oxygen atoms in total. The highest BCUT2D eigenvalue weighted by Gasteiger charge is 2.28. The first-order valence-electron chi connectivity index (χ1n) is 11.8. The Bertz CT molecular complexity index is 704. The van der Waals surface area contributed by atoms with Crippen molar-refractivity contribution in [3.63, 3.8) is 0 Å². The molecule has 1 saturated heterocycles. The molecular formula is C25H38N2O3. The van der Waals surface area contributed by atoms with Crippen LogP contribution in [0.4, 0.5) is 5.69 Å². The van der Waals surface area contributed by atoms with Crippen LogP contribution in [-0.4, -0.2) is 42.0 Å². The Labute approximate surface area is 181 Å². The summed E-state index contributed by atoms with van der Waals surface area (Å²) in [5.74, 6) is 0.400. The van der Waals surface area contributed by atoms with Gasteiger partial charge in [0.15, 0.2) is 0 Å². The zero-order valence-corrected chi connectivity index (χ0v) is 18.7. The standard InChI is InChI=1S/C25H38N2O3/c1-3-4-6-19-9-11-21(12-10-19)24(28)26(2)18-20-7-5-8-23(17-20)27-15-13-22(14-16-27)25(29)30/h5,7-8,17,19,21-22H,3-4,6,9-16,18H2,1-2H3,(H,29,30). The highest BCUT2D eigenvalue weighted by molar-refractivity contribution is 5.78. The van der Waals surface area contributed by atoms with Crippen LogP contribution in [0.3, 0.4) is 0 Å². The molecule has 1 aromatic rings. The van der Waals surface area contributed by atoms with Gasteiger partial charge in [-0.05, 0) is 62.1 Å². The van der Waals surface area contributed by atoms with Crippen molar-refractivity contribution in [2.75, 3.05) is 25.0 Å². The van der Waals surface area contributed by atoms with Gasteiger partial charge in [-0.15, -0.1) is 0 Å². The number of unbranched alkanes of at least 4 members (excludes halogenated alkanes) is 1. The number of rotatable bonds is 8. The second kappa shape index (κ2) is 10.8. The molecule has 2 fully saturated rings. The maximum absolute atomic E-state index is 13.0. The molecule has 1 aliphatic heterocycles. The lowest BCUT2D eigenvalue weighted by Gasteiger charge is -2.32. The average molecular weight is 415 g/mol. The molecule has 0 unspecified atom stereocenters. The smallest absolute Gasteiger partial charge is 0.306 e. The van der Waals surface area contributed by atoms with Crippen molar-refractivity contribution in [1.29, 1.82) is 0 Å². The molecule has 166 valence electrons. The van der Waals surface area contributed by atoms with Crippen LogP contribution in [0.15, 0.2) is 24.3 Å². The summed E-state index contributed by atoms with van der Waals surface area (Å²) in [5, 5.41) is 9.19. The van der Waals surface area contributed by atoms with E-state index in [0.29, 0.717) is 19.4 Å². The van der Waals surface area contributed by atoms with Gasteiger partial charge in [0.2, 0.25) is 5.91 Å². The molecule has 3 rings (SSSR count). The van der Waals surface area contributed by atoms with Gasteiger partial charge in [-0.2, -0.15) is 0 Å². The number of aliphatic carboxylic acids is 1. The van der Waals surface area contributed by atoms with E-state index < -0.39 is 5.97 Å². The lowest BCUT2D eigenvalue weighted by atomic mass is 9.79. The fourth-order valence-corrected chi connectivity index (χ4v) is 5.09. The summed E-state index contributed by atoms with van der Waals surface area (Å²) in [6, 6.07) is 8.38. The van der Waals surface area contributed by atoms with Gasteiger partial charge >= 0.3 is 5.97 Å². The van der Waals surface area contributed by atoms with Crippen molar-refractivity contribution in [3.8, 4) is 0 Å². The second-order valence-corrected chi connectivity index (χ2v) is 9.32. The third-order valence-electron chi connectivity index (χ3n) is 7.08. The van der Waals surface area contributed by atoms with Crippen molar-refractivity contribution in [2.24, 2.45) is 17.8 Å². The summed E-state index contributed by atoms with van der Waals surface area (Å²) in [6.45, 7) is 4.43. The fourth-order valence-electron chi connectivity index (χ4n) is 5.09. The Morgan fingerprint density at radius 2 is 1.77 bits per heavy atom. The third kappa shape index (κ3) is 5.99. The molecule has 1 saturated carbocycles. The van der Waals surface area contributed by atoms with E-state index in [1.165, 1.54) is 32.1 Å². The van der Waals surface area contributed by atoms with E-state index in [9.17, 15) is 14.7 Å². The van der Waals surface area contributed by atoms with E-state index >= 15 is 0 Å². The maximum Gasteiger partial charge on any atom is 0.306 e.